The molecule has 1 N–H and O–H groups in total. The highest BCUT2D eigenvalue weighted by Gasteiger charge is 2.26. The van der Waals surface area contributed by atoms with Crippen molar-refractivity contribution in [2.45, 2.75) is 18.8 Å². The first-order valence-corrected chi connectivity index (χ1v) is 12.2. The first kappa shape index (κ1) is 22.1. The number of pyridine rings is 1. The van der Waals surface area contributed by atoms with Gasteiger partial charge in [-0.3, -0.25) is 4.98 Å². The van der Waals surface area contributed by atoms with Gasteiger partial charge in [-0.15, -0.1) is 4.33 Å². The van der Waals surface area contributed by atoms with E-state index < -0.39 is 0 Å². The van der Waals surface area contributed by atoms with Crippen molar-refractivity contribution >= 4 is 45.5 Å². The van der Waals surface area contributed by atoms with Crippen LogP contribution in [0.5, 0.6) is 0 Å². The fourth-order valence-corrected chi connectivity index (χ4v) is 5.63. The molecular formula is C24H28ClN4O2S+. The number of hydrogen-bond acceptors (Lipinski definition) is 6. The van der Waals surface area contributed by atoms with Gasteiger partial charge in [-0.25, -0.2) is 13.8 Å². The lowest BCUT2D eigenvalue weighted by atomic mass is 9.87. The predicted octanol–water partition coefficient (Wildman–Crippen LogP) is 3.74. The Kier molecular flexibility index (Phi) is 6.92. The minimum absolute atomic E-state index is 0.416. The first-order chi connectivity index (χ1) is 15.7. The zero-order chi connectivity index (χ0) is 21.9. The first-order valence-electron chi connectivity index (χ1n) is 11.2. The van der Waals surface area contributed by atoms with Crippen LogP contribution in [-0.4, -0.2) is 55.7 Å². The van der Waals surface area contributed by atoms with E-state index in [9.17, 15) is 0 Å². The number of aromatic nitrogens is 1. The number of benzene rings is 1. The average Bonchev–Trinajstić information content (AvgIpc) is 2.98. The molecule has 0 spiro atoms. The number of hydrogen-bond donors (Lipinski definition) is 1. The third-order valence-corrected chi connectivity index (χ3v) is 7.47. The van der Waals surface area contributed by atoms with Gasteiger partial charge in [0.2, 0.25) is 5.36 Å². The van der Waals surface area contributed by atoms with Crippen molar-refractivity contribution in [3.05, 3.63) is 58.5 Å². The molecule has 3 heterocycles. The van der Waals surface area contributed by atoms with E-state index in [1.807, 2.05) is 18.3 Å². The molecule has 2 fully saturated rings. The Morgan fingerprint density at radius 3 is 2.72 bits per heavy atom. The van der Waals surface area contributed by atoms with Crippen molar-refractivity contribution in [2.24, 2.45) is 0 Å². The second kappa shape index (κ2) is 10.0. The van der Waals surface area contributed by atoms with Crippen LogP contribution < -0.4 is 15.2 Å². The average molecular weight is 472 g/mol. The fourth-order valence-electron chi connectivity index (χ4n) is 4.95. The predicted molar refractivity (Wildman–Crippen MR) is 131 cm³/mol. The van der Waals surface area contributed by atoms with E-state index in [0.29, 0.717) is 5.92 Å². The smallest absolute Gasteiger partial charge is 0.208 e. The van der Waals surface area contributed by atoms with Gasteiger partial charge in [0.15, 0.2) is 13.1 Å². The van der Waals surface area contributed by atoms with Crippen molar-refractivity contribution in [3.8, 4) is 0 Å². The minimum atomic E-state index is 0.416. The summed E-state index contributed by atoms with van der Waals surface area (Å²) in [6, 6.07) is 12.9. The highest BCUT2D eigenvalue weighted by Crippen LogP contribution is 2.37. The van der Waals surface area contributed by atoms with Crippen molar-refractivity contribution in [3.63, 3.8) is 0 Å². The summed E-state index contributed by atoms with van der Waals surface area (Å²) in [5.41, 5.74) is 2.44. The van der Waals surface area contributed by atoms with Gasteiger partial charge in [-0.2, -0.15) is 0 Å². The number of nitrogens with zero attached hydrogens (tertiary/aromatic N) is 3. The monoisotopic (exact) mass is 471 g/mol. The summed E-state index contributed by atoms with van der Waals surface area (Å²) in [6.45, 7) is 5.82. The second-order valence-electron chi connectivity index (χ2n) is 8.32. The van der Waals surface area contributed by atoms with Crippen LogP contribution in [0.2, 0.25) is 5.02 Å². The van der Waals surface area contributed by atoms with E-state index in [2.05, 4.69) is 38.5 Å². The number of piperidine rings is 1. The fraction of sp³-hybridized carbons (Fsp3) is 0.417. The molecule has 2 saturated heterocycles. The standard InChI is InChI=1S/C24H28ClN4O2S/c1-30-31-32-29-11-6-17(7-12-29)23-20-5-4-19(25)16-21(20)22(28-13-9-26-10-14-28)15-18-3-2-8-27-24(18)23/h2-5,8,15-17,26H,6-7,9-14H2,1H3/q+1. The molecule has 0 atom stereocenters. The van der Waals surface area contributed by atoms with Gasteiger partial charge >= 0.3 is 0 Å². The summed E-state index contributed by atoms with van der Waals surface area (Å²) in [5.74, 6) is 0.416. The summed E-state index contributed by atoms with van der Waals surface area (Å²) in [5, 5.41) is 9.14. The van der Waals surface area contributed by atoms with E-state index >= 15 is 0 Å². The van der Waals surface area contributed by atoms with E-state index in [-0.39, 0.29) is 0 Å². The van der Waals surface area contributed by atoms with E-state index in [4.69, 9.17) is 25.8 Å². The van der Waals surface area contributed by atoms with Gasteiger partial charge in [-0.1, -0.05) is 23.7 Å². The van der Waals surface area contributed by atoms with Gasteiger partial charge in [0.1, 0.15) is 12.2 Å². The molecule has 0 saturated carbocycles. The van der Waals surface area contributed by atoms with Crippen molar-refractivity contribution < 1.29 is 9.22 Å². The van der Waals surface area contributed by atoms with Crippen LogP contribution in [-0.2, 0) is 9.22 Å². The summed E-state index contributed by atoms with van der Waals surface area (Å²) < 4.78 is 9.76. The quantitative estimate of drug-likeness (QED) is 0.206. The zero-order valence-corrected chi connectivity index (χ0v) is 19.8. The van der Waals surface area contributed by atoms with Crippen LogP contribution in [0.1, 0.15) is 24.3 Å². The van der Waals surface area contributed by atoms with Gasteiger partial charge in [0, 0.05) is 35.8 Å². The lowest BCUT2D eigenvalue weighted by Crippen LogP contribution is -2.45. The van der Waals surface area contributed by atoms with Crippen LogP contribution in [0.15, 0.2) is 42.6 Å². The molecule has 1 aromatic heterocycles. The molecule has 0 bridgehead atoms. The lowest BCUT2D eigenvalue weighted by molar-refractivity contribution is -0.163. The molecule has 6 nitrogen and oxygen atoms in total. The zero-order valence-electron chi connectivity index (χ0n) is 18.2. The SMILES string of the molecule is COOSN1CCC(c2c3ccc(Cl)cc3c(=[N+]3CCNCC3)cc3cccnc23)CC1. The van der Waals surface area contributed by atoms with Crippen LogP contribution >= 0.6 is 23.8 Å². The van der Waals surface area contributed by atoms with E-state index in [1.54, 1.807) is 0 Å². The molecule has 2 aromatic carbocycles. The van der Waals surface area contributed by atoms with E-state index in [0.717, 1.165) is 62.6 Å². The summed E-state index contributed by atoms with van der Waals surface area (Å²) in [6.07, 6.45) is 3.99. The third kappa shape index (κ3) is 4.51. The number of fused-ring (bicyclic) bond motifs is 2. The molecule has 8 heteroatoms. The Hall–Kier alpha value is -1.74. The minimum Gasteiger partial charge on any atom is -0.305 e. The Balaban J connectivity index is 1.73. The highest BCUT2D eigenvalue weighted by molar-refractivity contribution is 7.92. The number of nitrogens with one attached hydrogen (secondary N) is 1. The molecule has 32 heavy (non-hydrogen) atoms. The third-order valence-electron chi connectivity index (χ3n) is 6.46. The normalized spacial score (nSPS) is 18.5. The molecule has 168 valence electrons. The maximum Gasteiger partial charge on any atom is 0.208 e. The number of rotatable bonds is 4. The molecule has 0 amide bonds. The van der Waals surface area contributed by atoms with Crippen LogP contribution in [0, 0.1) is 0 Å². The summed E-state index contributed by atoms with van der Waals surface area (Å²) in [7, 11) is 1.54. The van der Waals surface area contributed by atoms with Crippen molar-refractivity contribution in [1.29, 1.82) is 0 Å². The van der Waals surface area contributed by atoms with Gasteiger partial charge in [-0.05, 0) is 47.9 Å². The summed E-state index contributed by atoms with van der Waals surface area (Å²) >= 11 is 7.82. The molecule has 3 aromatic rings. The topological polar surface area (TPSA) is 49.6 Å². The Morgan fingerprint density at radius 2 is 1.94 bits per heavy atom. The van der Waals surface area contributed by atoms with E-state index in [1.165, 1.54) is 46.4 Å². The molecule has 2 aliphatic heterocycles. The maximum atomic E-state index is 6.53. The van der Waals surface area contributed by atoms with Crippen LogP contribution in [0.3, 0.4) is 0 Å². The molecular weight excluding hydrogens is 444 g/mol. The van der Waals surface area contributed by atoms with Crippen molar-refractivity contribution in [1.82, 2.24) is 19.2 Å². The van der Waals surface area contributed by atoms with Gasteiger partial charge < -0.3 is 5.32 Å². The molecule has 2 aliphatic rings. The highest BCUT2D eigenvalue weighted by atomic mass is 35.5. The largest absolute Gasteiger partial charge is 0.305 e. The lowest BCUT2D eigenvalue weighted by Gasteiger charge is -2.30. The maximum absolute atomic E-state index is 6.53. The van der Waals surface area contributed by atoms with Gasteiger partial charge in [0.05, 0.1) is 31.1 Å². The summed E-state index contributed by atoms with van der Waals surface area (Å²) in [4.78, 5) is 9.65. The molecule has 0 unspecified atom stereocenters. The molecule has 0 radical (unpaired) electrons. The Bertz CT molecular complexity index is 1190. The Labute approximate surface area is 197 Å². The number of halogens is 1. The number of piperazine rings is 1. The molecule has 0 aliphatic carbocycles. The Morgan fingerprint density at radius 1 is 1.12 bits per heavy atom. The van der Waals surface area contributed by atoms with Crippen LogP contribution in [0.4, 0.5) is 0 Å². The van der Waals surface area contributed by atoms with Crippen molar-refractivity contribution in [2.75, 3.05) is 46.4 Å². The van der Waals surface area contributed by atoms with Crippen LogP contribution in [0.25, 0.3) is 21.7 Å². The molecule has 5 rings (SSSR count). The second-order valence-corrected chi connectivity index (χ2v) is 9.56. The van der Waals surface area contributed by atoms with Gasteiger partial charge in [0.25, 0.3) is 0 Å².